The molecule has 0 amide bonds. The molecule has 1 unspecified atom stereocenters. The van der Waals surface area contributed by atoms with Crippen molar-refractivity contribution < 1.29 is 8.78 Å². The third kappa shape index (κ3) is 4.91. The van der Waals surface area contributed by atoms with E-state index in [0.717, 1.165) is 44.6 Å². The number of halogens is 3. The van der Waals surface area contributed by atoms with Crippen molar-refractivity contribution in [3.05, 3.63) is 47.5 Å². The van der Waals surface area contributed by atoms with Crippen molar-refractivity contribution in [2.45, 2.75) is 18.9 Å². The van der Waals surface area contributed by atoms with E-state index in [2.05, 4.69) is 32.3 Å². The topological polar surface area (TPSA) is 30.9 Å². The first-order chi connectivity index (χ1) is 11.7. The molecule has 0 aromatic heterocycles. The first-order valence-corrected chi connectivity index (χ1v) is 8.46. The number of likely N-dealkylation sites (tertiary alicyclic amines) is 1. The standard InChI is InChI=1S/C18H24F2N4.HI/c1-21-18(22-9-7-14-5-4-6-16(19)17(14)20)24-12-8-15(13-24)23-10-2-3-11-23;/h2-6,15H,7-13H2,1H3,(H,21,22);1H. The molecule has 1 saturated heterocycles. The van der Waals surface area contributed by atoms with E-state index < -0.39 is 11.6 Å². The highest BCUT2D eigenvalue weighted by Gasteiger charge is 2.29. The first kappa shape index (κ1) is 20.1. The molecule has 7 heteroatoms. The van der Waals surface area contributed by atoms with E-state index in [4.69, 9.17) is 0 Å². The van der Waals surface area contributed by atoms with Gasteiger partial charge in [0.05, 0.1) is 0 Å². The van der Waals surface area contributed by atoms with Gasteiger partial charge in [-0.15, -0.1) is 24.0 Å². The quantitative estimate of drug-likeness (QED) is 0.323. The number of nitrogens with zero attached hydrogens (tertiary/aromatic N) is 3. The number of benzene rings is 1. The molecule has 0 bridgehead atoms. The van der Waals surface area contributed by atoms with Crippen LogP contribution < -0.4 is 5.32 Å². The van der Waals surface area contributed by atoms with Crippen LogP contribution >= 0.6 is 24.0 Å². The van der Waals surface area contributed by atoms with Crippen molar-refractivity contribution >= 4 is 29.9 Å². The van der Waals surface area contributed by atoms with Crippen molar-refractivity contribution in [1.29, 1.82) is 0 Å². The van der Waals surface area contributed by atoms with Crippen LogP contribution in [0.5, 0.6) is 0 Å². The van der Waals surface area contributed by atoms with Gasteiger partial charge in [-0.3, -0.25) is 9.89 Å². The summed E-state index contributed by atoms with van der Waals surface area (Å²) >= 11 is 0. The lowest BCUT2D eigenvalue weighted by molar-refractivity contribution is 0.259. The fourth-order valence-corrected chi connectivity index (χ4v) is 3.41. The highest BCUT2D eigenvalue weighted by atomic mass is 127. The third-order valence-electron chi connectivity index (χ3n) is 4.75. The summed E-state index contributed by atoms with van der Waals surface area (Å²) in [5, 5.41) is 3.27. The fourth-order valence-electron chi connectivity index (χ4n) is 3.41. The molecule has 0 radical (unpaired) electrons. The van der Waals surface area contributed by atoms with Crippen molar-refractivity contribution in [3.63, 3.8) is 0 Å². The number of aliphatic imine (C=N–C) groups is 1. The van der Waals surface area contributed by atoms with Gasteiger partial charge < -0.3 is 10.2 Å². The smallest absolute Gasteiger partial charge is 0.193 e. The molecule has 2 aliphatic heterocycles. The van der Waals surface area contributed by atoms with Gasteiger partial charge in [-0.25, -0.2) is 8.78 Å². The maximum atomic E-state index is 13.7. The maximum absolute atomic E-state index is 13.7. The van der Waals surface area contributed by atoms with Crippen LogP contribution in [0.15, 0.2) is 35.3 Å². The Morgan fingerprint density at radius 3 is 2.76 bits per heavy atom. The van der Waals surface area contributed by atoms with Crippen molar-refractivity contribution in [1.82, 2.24) is 15.1 Å². The van der Waals surface area contributed by atoms with Gasteiger partial charge in [-0.1, -0.05) is 24.3 Å². The lowest BCUT2D eigenvalue weighted by Crippen LogP contribution is -2.43. The Bertz CT molecular complexity index is 628. The Hall–Kier alpha value is -1.22. The first-order valence-electron chi connectivity index (χ1n) is 8.46. The van der Waals surface area contributed by atoms with Crippen LogP contribution in [0.3, 0.4) is 0 Å². The van der Waals surface area contributed by atoms with Gasteiger partial charge in [-0.2, -0.15) is 0 Å². The highest BCUT2D eigenvalue weighted by Crippen LogP contribution is 2.18. The molecule has 1 fully saturated rings. The fraction of sp³-hybridized carbons (Fsp3) is 0.500. The minimum Gasteiger partial charge on any atom is -0.356 e. The normalized spacial score (nSPS) is 20.8. The molecular formula is C18H25F2IN4. The van der Waals surface area contributed by atoms with Crippen molar-refractivity contribution in [3.8, 4) is 0 Å². The van der Waals surface area contributed by atoms with Gasteiger partial charge in [0.15, 0.2) is 17.6 Å². The van der Waals surface area contributed by atoms with Gasteiger partial charge in [0.25, 0.3) is 0 Å². The third-order valence-corrected chi connectivity index (χ3v) is 4.75. The minimum absolute atomic E-state index is 0. The van der Waals surface area contributed by atoms with E-state index >= 15 is 0 Å². The predicted octanol–water partition coefficient (Wildman–Crippen LogP) is 2.65. The Morgan fingerprint density at radius 2 is 2.04 bits per heavy atom. The van der Waals surface area contributed by atoms with Crippen LogP contribution in [-0.4, -0.2) is 61.6 Å². The SMILES string of the molecule is CN=C(NCCc1cccc(F)c1F)N1CCC(N2CC=CC2)C1.I. The second-order valence-electron chi connectivity index (χ2n) is 6.25. The molecule has 25 heavy (non-hydrogen) atoms. The number of hydrogen-bond donors (Lipinski definition) is 1. The second kappa shape index (κ2) is 9.47. The van der Waals surface area contributed by atoms with Gasteiger partial charge in [0.2, 0.25) is 0 Å². The second-order valence-corrected chi connectivity index (χ2v) is 6.25. The van der Waals surface area contributed by atoms with Crippen molar-refractivity contribution in [2.75, 3.05) is 39.8 Å². The largest absolute Gasteiger partial charge is 0.356 e. The van der Waals surface area contributed by atoms with E-state index in [-0.39, 0.29) is 24.0 Å². The predicted molar refractivity (Wildman–Crippen MR) is 108 cm³/mol. The van der Waals surface area contributed by atoms with E-state index in [0.29, 0.717) is 24.6 Å². The van der Waals surface area contributed by atoms with Gasteiger partial charge in [0, 0.05) is 45.8 Å². The monoisotopic (exact) mass is 462 g/mol. The minimum atomic E-state index is -0.793. The number of nitrogens with one attached hydrogen (secondary N) is 1. The molecular weight excluding hydrogens is 437 g/mol. The molecule has 3 rings (SSSR count). The van der Waals surface area contributed by atoms with E-state index in [1.54, 1.807) is 13.1 Å². The Kier molecular flexibility index (Phi) is 7.61. The molecule has 1 N–H and O–H groups in total. The average molecular weight is 462 g/mol. The molecule has 138 valence electrons. The lowest BCUT2D eigenvalue weighted by atomic mass is 10.1. The van der Waals surface area contributed by atoms with Crippen LogP contribution in [0, 0.1) is 11.6 Å². The summed E-state index contributed by atoms with van der Waals surface area (Å²) in [6.07, 6.45) is 5.98. The molecule has 4 nitrogen and oxygen atoms in total. The average Bonchev–Trinajstić information content (AvgIpc) is 3.26. The van der Waals surface area contributed by atoms with E-state index in [9.17, 15) is 8.78 Å². The molecule has 1 aromatic rings. The van der Waals surface area contributed by atoms with Crippen LogP contribution in [0.1, 0.15) is 12.0 Å². The van der Waals surface area contributed by atoms with Gasteiger partial charge in [-0.05, 0) is 24.5 Å². The molecule has 2 aliphatic rings. The summed E-state index contributed by atoms with van der Waals surface area (Å²) in [6, 6.07) is 4.86. The maximum Gasteiger partial charge on any atom is 0.193 e. The zero-order valence-corrected chi connectivity index (χ0v) is 16.8. The molecule has 1 aromatic carbocycles. The van der Waals surface area contributed by atoms with Crippen LogP contribution in [0.25, 0.3) is 0 Å². The number of rotatable bonds is 4. The Labute approximate surface area is 165 Å². The summed E-state index contributed by atoms with van der Waals surface area (Å²) in [7, 11) is 1.76. The van der Waals surface area contributed by atoms with E-state index in [1.165, 1.54) is 6.07 Å². The molecule has 2 heterocycles. The number of hydrogen-bond acceptors (Lipinski definition) is 2. The zero-order valence-electron chi connectivity index (χ0n) is 14.4. The summed E-state index contributed by atoms with van der Waals surface area (Å²) in [6.45, 7) is 4.51. The molecule has 0 saturated carbocycles. The molecule has 0 spiro atoms. The van der Waals surface area contributed by atoms with Crippen LogP contribution in [0.4, 0.5) is 8.78 Å². The Balaban J connectivity index is 0.00000225. The molecule has 0 aliphatic carbocycles. The van der Waals surface area contributed by atoms with Gasteiger partial charge in [0.1, 0.15) is 0 Å². The molecule has 1 atom stereocenters. The zero-order chi connectivity index (χ0) is 16.9. The summed E-state index contributed by atoms with van der Waals surface area (Å²) in [4.78, 5) is 9.04. The van der Waals surface area contributed by atoms with Crippen molar-refractivity contribution in [2.24, 2.45) is 4.99 Å². The summed E-state index contributed by atoms with van der Waals surface area (Å²) in [5.41, 5.74) is 0.389. The lowest BCUT2D eigenvalue weighted by Gasteiger charge is -2.25. The number of guanidine groups is 1. The van der Waals surface area contributed by atoms with Crippen LogP contribution in [0.2, 0.25) is 0 Å². The van der Waals surface area contributed by atoms with Crippen LogP contribution in [-0.2, 0) is 6.42 Å². The van der Waals surface area contributed by atoms with E-state index in [1.807, 2.05) is 0 Å². The highest BCUT2D eigenvalue weighted by molar-refractivity contribution is 14.0. The Morgan fingerprint density at radius 1 is 1.28 bits per heavy atom. The van der Waals surface area contributed by atoms with Gasteiger partial charge >= 0.3 is 0 Å². The summed E-state index contributed by atoms with van der Waals surface area (Å²) < 4.78 is 26.9. The summed E-state index contributed by atoms with van der Waals surface area (Å²) in [5.74, 6) is -0.711.